The molecule has 0 unspecified atom stereocenters. The summed E-state index contributed by atoms with van der Waals surface area (Å²) in [6, 6.07) is 78.6. The summed E-state index contributed by atoms with van der Waals surface area (Å²) in [5, 5.41) is 3.71. The minimum atomic E-state index is 0.975. The molecule has 4 nitrogen and oxygen atoms in total. The minimum Gasteiger partial charge on any atom is -0.355 e. The van der Waals surface area contributed by atoms with Crippen LogP contribution >= 0.6 is 0 Å². The van der Waals surface area contributed by atoms with E-state index in [9.17, 15) is 0 Å². The van der Waals surface area contributed by atoms with Crippen LogP contribution < -0.4 is 20.0 Å². The predicted molar refractivity (Wildman–Crippen MR) is 220 cm³/mol. The average molecular weight is 671 g/mol. The number of para-hydroxylation sites is 6. The van der Waals surface area contributed by atoms with Crippen LogP contribution in [0, 0.1) is 0 Å². The van der Waals surface area contributed by atoms with Crippen LogP contribution in [0.15, 0.2) is 224 Å². The number of nitrogens with zero attached hydrogens (tertiary/aromatic N) is 3. The molecule has 8 rings (SSSR count). The highest BCUT2D eigenvalue weighted by atomic mass is 15.2. The lowest BCUT2D eigenvalue weighted by molar-refractivity contribution is 1.23. The number of benzene rings is 8. The van der Waals surface area contributed by atoms with Crippen molar-refractivity contribution in [2.75, 3.05) is 20.0 Å². The van der Waals surface area contributed by atoms with Gasteiger partial charge in [-0.3, -0.25) is 0 Å². The zero-order valence-electron chi connectivity index (χ0n) is 28.7. The molecule has 8 aromatic rings. The molecule has 0 bridgehead atoms. The van der Waals surface area contributed by atoms with Crippen LogP contribution in [0.4, 0.5) is 62.6 Å². The van der Waals surface area contributed by atoms with Crippen LogP contribution in [0.5, 0.6) is 0 Å². The summed E-state index contributed by atoms with van der Waals surface area (Å²) < 4.78 is 0. The summed E-state index contributed by atoms with van der Waals surface area (Å²) in [7, 11) is 0. The Morgan fingerprint density at radius 1 is 0.212 bits per heavy atom. The lowest BCUT2D eigenvalue weighted by Crippen LogP contribution is -2.15. The highest BCUT2D eigenvalue weighted by Gasteiger charge is 2.20. The van der Waals surface area contributed by atoms with Gasteiger partial charge in [0.15, 0.2) is 0 Å². The number of nitrogens with one attached hydrogen (secondary N) is 1. The zero-order valence-corrected chi connectivity index (χ0v) is 28.7. The van der Waals surface area contributed by atoms with Crippen molar-refractivity contribution in [1.82, 2.24) is 0 Å². The van der Waals surface area contributed by atoms with Crippen LogP contribution in [0.2, 0.25) is 0 Å². The Kier molecular flexibility index (Phi) is 9.43. The summed E-state index contributed by atoms with van der Waals surface area (Å²) in [6.45, 7) is 0. The monoisotopic (exact) mass is 670 g/mol. The maximum absolute atomic E-state index is 3.71. The third-order valence-electron chi connectivity index (χ3n) is 8.90. The Labute approximate surface area is 306 Å². The Balaban J connectivity index is 1.33. The van der Waals surface area contributed by atoms with Gasteiger partial charge >= 0.3 is 0 Å². The van der Waals surface area contributed by atoms with Crippen molar-refractivity contribution in [3.63, 3.8) is 0 Å². The number of hydrogen-bond donors (Lipinski definition) is 1. The first kappa shape index (κ1) is 32.2. The summed E-state index contributed by atoms with van der Waals surface area (Å²) in [5.41, 5.74) is 11.5. The van der Waals surface area contributed by atoms with Gasteiger partial charge < -0.3 is 20.0 Å². The maximum atomic E-state index is 3.71. The topological polar surface area (TPSA) is 21.8 Å². The van der Waals surface area contributed by atoms with E-state index in [4.69, 9.17) is 0 Å². The Bertz CT molecular complexity index is 2240. The second-order valence-corrected chi connectivity index (χ2v) is 12.4. The van der Waals surface area contributed by atoms with Gasteiger partial charge in [0, 0.05) is 51.2 Å². The van der Waals surface area contributed by atoms with Gasteiger partial charge in [0.05, 0.1) is 11.4 Å². The van der Waals surface area contributed by atoms with Gasteiger partial charge in [0.1, 0.15) is 0 Å². The Morgan fingerprint density at radius 3 is 0.846 bits per heavy atom. The van der Waals surface area contributed by atoms with Crippen molar-refractivity contribution < 1.29 is 0 Å². The van der Waals surface area contributed by atoms with Crippen molar-refractivity contribution in [2.45, 2.75) is 0 Å². The largest absolute Gasteiger partial charge is 0.355 e. The molecule has 1 N–H and O–H groups in total. The number of rotatable bonds is 11. The summed E-state index contributed by atoms with van der Waals surface area (Å²) in [6.07, 6.45) is 0. The standard InChI is InChI=1S/C48H38N4/c1-7-20-38(21-8-1)49-39-34-47(51(42-26-13-4-14-27-42)43-28-15-5-16-29-43)37-48(35-39)52(44-30-17-6-18-31-44)46-33-19-32-45(36-46)50(40-22-9-2-10-23-40)41-24-11-3-12-25-41/h1-37,49H. The maximum Gasteiger partial charge on any atom is 0.0503 e. The molecule has 52 heavy (non-hydrogen) atoms. The fourth-order valence-electron chi connectivity index (χ4n) is 6.61. The van der Waals surface area contributed by atoms with E-state index in [-0.39, 0.29) is 0 Å². The SMILES string of the molecule is c1ccc(Nc2cc(N(c3ccccc3)c3ccccc3)cc(N(c3ccccc3)c3cccc(N(c4ccccc4)c4ccccc4)c3)c2)cc1. The lowest BCUT2D eigenvalue weighted by Gasteiger charge is -2.31. The first-order valence-electron chi connectivity index (χ1n) is 17.5. The average Bonchev–Trinajstić information content (AvgIpc) is 3.21. The molecular formula is C48H38N4. The third kappa shape index (κ3) is 7.14. The molecule has 0 spiro atoms. The van der Waals surface area contributed by atoms with E-state index in [2.05, 4.69) is 238 Å². The quantitative estimate of drug-likeness (QED) is 0.148. The number of hydrogen-bond acceptors (Lipinski definition) is 4. The molecule has 0 aromatic heterocycles. The third-order valence-corrected chi connectivity index (χ3v) is 8.90. The number of anilines is 11. The molecule has 8 aromatic carbocycles. The van der Waals surface area contributed by atoms with Crippen molar-refractivity contribution >= 4 is 62.6 Å². The van der Waals surface area contributed by atoms with Gasteiger partial charge in [-0.15, -0.1) is 0 Å². The normalized spacial score (nSPS) is 10.7. The Morgan fingerprint density at radius 2 is 0.481 bits per heavy atom. The molecule has 250 valence electrons. The van der Waals surface area contributed by atoms with Crippen molar-refractivity contribution in [1.29, 1.82) is 0 Å². The first-order valence-corrected chi connectivity index (χ1v) is 17.5. The Hall–Kier alpha value is -7.04. The van der Waals surface area contributed by atoms with Crippen LogP contribution in [-0.2, 0) is 0 Å². The fraction of sp³-hybridized carbons (Fsp3) is 0. The van der Waals surface area contributed by atoms with Gasteiger partial charge in [-0.2, -0.15) is 0 Å². The molecule has 0 heterocycles. The molecule has 0 atom stereocenters. The zero-order chi connectivity index (χ0) is 35.0. The van der Waals surface area contributed by atoms with Gasteiger partial charge in [-0.05, 0) is 109 Å². The summed E-state index contributed by atoms with van der Waals surface area (Å²) in [5.74, 6) is 0. The summed E-state index contributed by atoms with van der Waals surface area (Å²) in [4.78, 5) is 6.95. The van der Waals surface area contributed by atoms with Gasteiger partial charge in [0.2, 0.25) is 0 Å². The van der Waals surface area contributed by atoms with E-state index in [1.165, 1.54) is 0 Å². The molecule has 0 saturated heterocycles. The van der Waals surface area contributed by atoms with Crippen LogP contribution in [0.1, 0.15) is 0 Å². The van der Waals surface area contributed by atoms with Crippen LogP contribution in [-0.4, -0.2) is 0 Å². The van der Waals surface area contributed by atoms with Crippen molar-refractivity contribution in [3.8, 4) is 0 Å². The molecule has 0 radical (unpaired) electrons. The molecule has 0 aliphatic heterocycles. The van der Waals surface area contributed by atoms with E-state index in [0.29, 0.717) is 0 Å². The smallest absolute Gasteiger partial charge is 0.0503 e. The van der Waals surface area contributed by atoms with Gasteiger partial charge in [-0.1, -0.05) is 115 Å². The minimum absolute atomic E-state index is 0.975. The molecule has 0 aliphatic rings. The van der Waals surface area contributed by atoms with E-state index in [0.717, 1.165) is 62.6 Å². The fourth-order valence-corrected chi connectivity index (χ4v) is 6.61. The van der Waals surface area contributed by atoms with E-state index >= 15 is 0 Å². The molecule has 4 heteroatoms. The van der Waals surface area contributed by atoms with Gasteiger partial charge in [-0.25, -0.2) is 0 Å². The molecule has 0 amide bonds. The second-order valence-electron chi connectivity index (χ2n) is 12.4. The highest BCUT2D eigenvalue weighted by molar-refractivity contribution is 5.88. The molecule has 0 saturated carbocycles. The molecular weight excluding hydrogens is 633 g/mol. The van der Waals surface area contributed by atoms with E-state index < -0.39 is 0 Å². The van der Waals surface area contributed by atoms with E-state index in [1.807, 2.05) is 6.07 Å². The molecule has 0 aliphatic carbocycles. The van der Waals surface area contributed by atoms with Gasteiger partial charge in [0.25, 0.3) is 0 Å². The van der Waals surface area contributed by atoms with Crippen LogP contribution in [0.25, 0.3) is 0 Å². The second kappa shape index (κ2) is 15.2. The molecule has 0 fully saturated rings. The van der Waals surface area contributed by atoms with Crippen LogP contribution in [0.3, 0.4) is 0 Å². The van der Waals surface area contributed by atoms with Crippen molar-refractivity contribution in [3.05, 3.63) is 224 Å². The lowest BCUT2D eigenvalue weighted by atomic mass is 10.1. The highest BCUT2D eigenvalue weighted by Crippen LogP contribution is 2.44. The van der Waals surface area contributed by atoms with E-state index in [1.54, 1.807) is 0 Å². The predicted octanol–water partition coefficient (Wildman–Crippen LogP) is 13.8. The summed E-state index contributed by atoms with van der Waals surface area (Å²) >= 11 is 0. The van der Waals surface area contributed by atoms with Crippen molar-refractivity contribution in [2.24, 2.45) is 0 Å². The first-order chi connectivity index (χ1) is 25.8.